The van der Waals surface area contributed by atoms with E-state index in [9.17, 15) is 9.59 Å². The average Bonchev–Trinajstić information content (AvgIpc) is 3.35. The van der Waals surface area contributed by atoms with E-state index in [-0.39, 0.29) is 12.5 Å². The molecular weight excluding hydrogens is 478 g/mol. The van der Waals surface area contributed by atoms with Gasteiger partial charge < -0.3 is 33.9 Å². The Morgan fingerprint density at radius 3 is 2.54 bits per heavy atom. The molecule has 11 nitrogen and oxygen atoms in total. The SMILES string of the molecule is CCCC(NC(=O)C1CSC(/C(C)=N/O)=N1)c1cc(OCCOCCOCCOCC)cc(=O)o1. The van der Waals surface area contributed by atoms with E-state index in [4.69, 9.17) is 28.6 Å². The lowest BCUT2D eigenvalue weighted by Crippen LogP contribution is -2.37. The van der Waals surface area contributed by atoms with Gasteiger partial charge in [-0.15, -0.1) is 11.8 Å². The zero-order valence-corrected chi connectivity index (χ0v) is 21.3. The number of oxime groups is 1. The van der Waals surface area contributed by atoms with Crippen molar-refractivity contribution in [3.8, 4) is 5.75 Å². The number of carbonyl (C=O) groups excluding carboxylic acids is 1. The largest absolute Gasteiger partial charge is 0.491 e. The number of thioether (sulfide) groups is 1. The number of amides is 1. The summed E-state index contributed by atoms with van der Waals surface area (Å²) in [5, 5.41) is 15.5. The van der Waals surface area contributed by atoms with E-state index >= 15 is 0 Å². The van der Waals surface area contributed by atoms with Gasteiger partial charge >= 0.3 is 5.63 Å². The third kappa shape index (κ3) is 10.4. The molecule has 0 spiro atoms. The summed E-state index contributed by atoms with van der Waals surface area (Å²) in [5.41, 5.74) is -0.202. The van der Waals surface area contributed by atoms with Gasteiger partial charge in [0, 0.05) is 18.4 Å². The molecule has 1 amide bonds. The third-order valence-electron chi connectivity index (χ3n) is 4.86. The van der Waals surface area contributed by atoms with Gasteiger partial charge in [0.05, 0.1) is 45.1 Å². The fourth-order valence-corrected chi connectivity index (χ4v) is 4.11. The second-order valence-corrected chi connectivity index (χ2v) is 8.59. The second kappa shape index (κ2) is 16.3. The van der Waals surface area contributed by atoms with Crippen molar-refractivity contribution < 1.29 is 33.4 Å². The predicted molar refractivity (Wildman–Crippen MR) is 133 cm³/mol. The molecule has 0 saturated heterocycles. The Morgan fingerprint density at radius 1 is 1.20 bits per heavy atom. The second-order valence-electron chi connectivity index (χ2n) is 7.58. The molecule has 0 bridgehead atoms. The summed E-state index contributed by atoms with van der Waals surface area (Å²) in [6.45, 7) is 8.73. The molecule has 196 valence electrons. The fourth-order valence-electron chi connectivity index (χ4n) is 3.12. The summed E-state index contributed by atoms with van der Waals surface area (Å²) in [4.78, 5) is 29.2. The molecule has 0 radical (unpaired) electrons. The summed E-state index contributed by atoms with van der Waals surface area (Å²) in [7, 11) is 0. The van der Waals surface area contributed by atoms with Crippen molar-refractivity contribution in [2.24, 2.45) is 10.1 Å². The molecular formula is C23H35N3O8S. The molecule has 1 aliphatic rings. The average molecular weight is 514 g/mol. The van der Waals surface area contributed by atoms with Crippen LogP contribution in [0.2, 0.25) is 0 Å². The zero-order valence-electron chi connectivity index (χ0n) is 20.5. The molecule has 1 aromatic rings. The molecule has 0 fully saturated rings. The molecule has 2 unspecified atom stereocenters. The number of carbonyl (C=O) groups is 1. The first kappa shape index (κ1) is 28.8. The number of nitrogens with one attached hydrogen (secondary N) is 1. The number of hydrogen-bond donors (Lipinski definition) is 2. The highest BCUT2D eigenvalue weighted by atomic mass is 32.2. The van der Waals surface area contributed by atoms with Crippen molar-refractivity contribution in [1.82, 2.24) is 5.32 Å². The highest BCUT2D eigenvalue weighted by molar-refractivity contribution is 8.16. The van der Waals surface area contributed by atoms with Gasteiger partial charge in [0.1, 0.15) is 34.9 Å². The van der Waals surface area contributed by atoms with Crippen LogP contribution in [0.4, 0.5) is 0 Å². The van der Waals surface area contributed by atoms with Crippen LogP contribution in [0, 0.1) is 0 Å². The van der Waals surface area contributed by atoms with Crippen molar-refractivity contribution in [2.45, 2.75) is 45.7 Å². The molecule has 0 saturated carbocycles. The predicted octanol–water partition coefficient (Wildman–Crippen LogP) is 2.41. The molecule has 0 aliphatic carbocycles. The summed E-state index contributed by atoms with van der Waals surface area (Å²) < 4.78 is 27.0. The van der Waals surface area contributed by atoms with Crippen molar-refractivity contribution >= 4 is 28.4 Å². The van der Waals surface area contributed by atoms with E-state index in [0.29, 0.717) is 74.1 Å². The Labute approximate surface area is 209 Å². The van der Waals surface area contributed by atoms with E-state index in [1.54, 1.807) is 13.0 Å². The summed E-state index contributed by atoms with van der Waals surface area (Å²) in [6.07, 6.45) is 1.32. The maximum absolute atomic E-state index is 12.8. The van der Waals surface area contributed by atoms with Crippen LogP contribution in [-0.4, -0.2) is 79.9 Å². The van der Waals surface area contributed by atoms with E-state index in [1.807, 2.05) is 13.8 Å². The molecule has 2 rings (SSSR count). The first-order chi connectivity index (χ1) is 17.0. The Bertz CT molecular complexity index is 905. The number of ether oxygens (including phenoxy) is 4. The van der Waals surface area contributed by atoms with Crippen LogP contribution in [0.3, 0.4) is 0 Å². The van der Waals surface area contributed by atoms with Crippen molar-refractivity contribution in [1.29, 1.82) is 0 Å². The van der Waals surface area contributed by atoms with E-state index < -0.39 is 17.7 Å². The Morgan fingerprint density at radius 2 is 1.89 bits per heavy atom. The van der Waals surface area contributed by atoms with Gasteiger partial charge in [0.15, 0.2) is 0 Å². The van der Waals surface area contributed by atoms with Crippen molar-refractivity contribution in [3.05, 3.63) is 28.3 Å². The lowest BCUT2D eigenvalue weighted by molar-refractivity contribution is -0.122. The van der Waals surface area contributed by atoms with Crippen molar-refractivity contribution in [2.75, 3.05) is 52.0 Å². The molecule has 1 aromatic heterocycles. The van der Waals surface area contributed by atoms with E-state index in [2.05, 4.69) is 15.5 Å². The molecule has 0 aromatic carbocycles. The van der Waals surface area contributed by atoms with Crippen LogP contribution < -0.4 is 15.7 Å². The molecule has 2 atom stereocenters. The van der Waals surface area contributed by atoms with Gasteiger partial charge in [-0.1, -0.05) is 18.5 Å². The first-order valence-electron chi connectivity index (χ1n) is 11.7. The lowest BCUT2D eigenvalue weighted by Gasteiger charge is -2.19. The topological polar surface area (TPSA) is 141 Å². The zero-order chi connectivity index (χ0) is 25.5. The van der Waals surface area contributed by atoms with Crippen LogP contribution in [0.15, 0.2) is 31.5 Å². The normalized spacial score (nSPS) is 16.7. The van der Waals surface area contributed by atoms with Gasteiger partial charge in [-0.05, 0) is 20.3 Å². The van der Waals surface area contributed by atoms with Crippen molar-refractivity contribution in [3.63, 3.8) is 0 Å². The molecule has 1 aliphatic heterocycles. The number of nitrogens with zero attached hydrogens (tertiary/aromatic N) is 2. The minimum absolute atomic E-state index is 0.245. The minimum atomic E-state index is -0.613. The first-order valence-corrected chi connectivity index (χ1v) is 12.7. The Balaban J connectivity index is 1.87. The highest BCUT2D eigenvalue weighted by Crippen LogP contribution is 2.24. The number of rotatable bonds is 17. The van der Waals surface area contributed by atoms with Gasteiger partial charge in [-0.2, -0.15) is 0 Å². The molecule has 12 heteroatoms. The summed E-state index contributed by atoms with van der Waals surface area (Å²) in [5.74, 6) is 0.809. The van der Waals surface area contributed by atoms with Crippen LogP contribution >= 0.6 is 11.8 Å². The summed E-state index contributed by atoms with van der Waals surface area (Å²) in [6, 6.07) is 1.74. The smallest absolute Gasteiger partial charge is 0.339 e. The van der Waals surface area contributed by atoms with Gasteiger partial charge in [0.2, 0.25) is 5.91 Å². The monoisotopic (exact) mass is 513 g/mol. The highest BCUT2D eigenvalue weighted by Gasteiger charge is 2.29. The van der Waals surface area contributed by atoms with Gasteiger partial charge in [-0.3, -0.25) is 9.79 Å². The fraction of sp³-hybridized carbons (Fsp3) is 0.652. The summed E-state index contributed by atoms with van der Waals surface area (Å²) >= 11 is 1.35. The quantitative estimate of drug-likeness (QED) is 0.139. The van der Waals surface area contributed by atoms with E-state index in [1.165, 1.54) is 17.8 Å². The standard InChI is InChI=1S/C23H35N3O8S/c1-4-6-18(24-22(28)19-15-35-23(25-19)16(3)26-29)20-13-17(14-21(27)34-20)33-12-11-32-10-9-31-8-7-30-5-2/h13-14,18-19,29H,4-12,15H2,1-3H3,(H,24,28)/b26-16+. The maximum Gasteiger partial charge on any atom is 0.339 e. The molecule has 2 heterocycles. The van der Waals surface area contributed by atoms with Crippen LogP contribution in [0.5, 0.6) is 5.75 Å². The van der Waals surface area contributed by atoms with Gasteiger partial charge in [-0.25, -0.2) is 4.79 Å². The van der Waals surface area contributed by atoms with Gasteiger partial charge in [0.25, 0.3) is 0 Å². The minimum Gasteiger partial charge on any atom is -0.491 e. The Hall–Kier alpha value is -2.41. The number of aliphatic imine (C=N–C) groups is 1. The van der Waals surface area contributed by atoms with Crippen LogP contribution in [0.1, 0.15) is 45.4 Å². The Kier molecular flexibility index (Phi) is 13.4. The van der Waals surface area contributed by atoms with Crippen LogP contribution in [0.25, 0.3) is 0 Å². The van der Waals surface area contributed by atoms with E-state index in [0.717, 1.165) is 6.42 Å². The molecule has 2 N–H and O–H groups in total. The lowest BCUT2D eigenvalue weighted by atomic mass is 10.1. The van der Waals surface area contributed by atoms with Crippen LogP contribution in [-0.2, 0) is 19.0 Å². The number of hydrogen-bond acceptors (Lipinski definition) is 11. The third-order valence-corrected chi connectivity index (χ3v) is 6.01. The molecule has 35 heavy (non-hydrogen) atoms. The maximum atomic E-state index is 12.8.